The summed E-state index contributed by atoms with van der Waals surface area (Å²) in [5.41, 5.74) is -0.781. The van der Waals surface area contributed by atoms with E-state index in [2.05, 4.69) is 20.3 Å². The quantitative estimate of drug-likeness (QED) is 0.935. The minimum Gasteiger partial charge on any atom is -0.341 e. The Balaban J connectivity index is 2.15. The predicted octanol–water partition coefficient (Wildman–Crippen LogP) is 3.14. The Kier molecular flexibility index (Phi) is 4.74. The van der Waals surface area contributed by atoms with Gasteiger partial charge in [-0.15, -0.1) is 11.3 Å². The lowest BCUT2D eigenvalue weighted by molar-refractivity contribution is -0.140. The summed E-state index contributed by atoms with van der Waals surface area (Å²) in [5, 5.41) is 3.80. The summed E-state index contributed by atoms with van der Waals surface area (Å²) in [6, 6.07) is 0.849. The first-order valence-corrected chi connectivity index (χ1v) is 7.32. The molecule has 2 aromatic rings. The van der Waals surface area contributed by atoms with Crippen molar-refractivity contribution in [1.29, 1.82) is 0 Å². The molecule has 0 spiro atoms. The van der Waals surface area contributed by atoms with Crippen molar-refractivity contribution in [2.24, 2.45) is 0 Å². The molecular formula is C13H13F3N4OS. The van der Waals surface area contributed by atoms with Gasteiger partial charge in [0.1, 0.15) is 16.5 Å². The fourth-order valence-electron chi connectivity index (χ4n) is 1.73. The van der Waals surface area contributed by atoms with Crippen molar-refractivity contribution in [3.05, 3.63) is 39.9 Å². The van der Waals surface area contributed by atoms with Crippen LogP contribution in [0.4, 0.5) is 13.2 Å². The maximum Gasteiger partial charge on any atom is 0.434 e. The predicted molar refractivity (Wildman–Crippen MR) is 74.4 cm³/mol. The third-order valence-corrected chi connectivity index (χ3v) is 3.79. The van der Waals surface area contributed by atoms with E-state index in [1.807, 2.05) is 0 Å². The Morgan fingerprint density at radius 1 is 1.41 bits per heavy atom. The van der Waals surface area contributed by atoms with Crippen LogP contribution in [0, 0.1) is 6.92 Å². The number of carbonyl (C=O) groups is 1. The average Bonchev–Trinajstić information content (AvgIpc) is 2.94. The van der Waals surface area contributed by atoms with E-state index in [0.29, 0.717) is 12.2 Å². The van der Waals surface area contributed by atoms with Gasteiger partial charge >= 0.3 is 6.18 Å². The molecule has 0 bridgehead atoms. The molecule has 5 nitrogen and oxygen atoms in total. The highest BCUT2D eigenvalue weighted by Gasteiger charge is 2.34. The van der Waals surface area contributed by atoms with Gasteiger partial charge in [0.05, 0.1) is 6.04 Å². The molecule has 22 heavy (non-hydrogen) atoms. The molecule has 2 aromatic heterocycles. The molecule has 1 unspecified atom stereocenters. The smallest absolute Gasteiger partial charge is 0.341 e. The van der Waals surface area contributed by atoms with E-state index in [0.717, 1.165) is 16.7 Å². The molecule has 9 heteroatoms. The van der Waals surface area contributed by atoms with Crippen LogP contribution in [0.25, 0.3) is 0 Å². The van der Waals surface area contributed by atoms with E-state index in [-0.39, 0.29) is 10.7 Å². The lowest BCUT2D eigenvalue weighted by Crippen LogP contribution is -2.29. The zero-order valence-corrected chi connectivity index (χ0v) is 12.6. The van der Waals surface area contributed by atoms with Crippen LogP contribution in [0.5, 0.6) is 0 Å². The number of nitrogens with one attached hydrogen (secondary N) is 1. The maximum absolute atomic E-state index is 12.6. The highest BCUT2D eigenvalue weighted by atomic mass is 32.1. The van der Waals surface area contributed by atoms with Crippen LogP contribution in [0.3, 0.4) is 0 Å². The molecule has 0 radical (unpaired) electrons. The monoisotopic (exact) mass is 330 g/mol. The van der Waals surface area contributed by atoms with Crippen LogP contribution < -0.4 is 5.32 Å². The molecule has 1 N–H and O–H groups in total. The summed E-state index contributed by atoms with van der Waals surface area (Å²) < 4.78 is 37.7. The molecule has 1 amide bonds. The van der Waals surface area contributed by atoms with E-state index in [1.165, 1.54) is 12.3 Å². The minimum atomic E-state index is -4.49. The van der Waals surface area contributed by atoms with Gasteiger partial charge in [-0.1, -0.05) is 6.92 Å². The molecule has 0 saturated heterocycles. The van der Waals surface area contributed by atoms with Crippen LogP contribution in [0.15, 0.2) is 17.6 Å². The number of rotatable bonds is 4. The van der Waals surface area contributed by atoms with Crippen LogP contribution >= 0.6 is 11.3 Å². The van der Waals surface area contributed by atoms with E-state index < -0.39 is 23.8 Å². The van der Waals surface area contributed by atoms with Crippen molar-refractivity contribution in [3.8, 4) is 0 Å². The molecule has 0 saturated carbocycles. The normalized spacial score (nSPS) is 13.0. The van der Waals surface area contributed by atoms with Crippen LogP contribution in [-0.2, 0) is 6.18 Å². The van der Waals surface area contributed by atoms with Crippen molar-refractivity contribution in [2.45, 2.75) is 32.5 Å². The number of hydrogen-bond acceptors (Lipinski definition) is 5. The standard InChI is InChI=1S/C13H13F3N4OS/c1-3-8(12-20-10(6-22-12)13(14,15)16)19-11(21)9-4-5-17-7(2)18-9/h4-6,8H,3H2,1-2H3,(H,19,21). The number of aryl methyl sites for hydroxylation is 1. The molecule has 2 rings (SSSR count). The Labute approximate surface area is 128 Å². The highest BCUT2D eigenvalue weighted by Crippen LogP contribution is 2.32. The number of halogens is 3. The van der Waals surface area contributed by atoms with Gasteiger partial charge in [-0.3, -0.25) is 4.79 Å². The molecule has 118 valence electrons. The fourth-order valence-corrected chi connectivity index (χ4v) is 2.69. The topological polar surface area (TPSA) is 67.8 Å². The summed E-state index contributed by atoms with van der Waals surface area (Å²) >= 11 is 0.871. The zero-order chi connectivity index (χ0) is 16.3. The average molecular weight is 330 g/mol. The highest BCUT2D eigenvalue weighted by molar-refractivity contribution is 7.09. The molecule has 0 aliphatic carbocycles. The van der Waals surface area contributed by atoms with Crippen LogP contribution in [-0.4, -0.2) is 20.9 Å². The number of amides is 1. The lowest BCUT2D eigenvalue weighted by atomic mass is 10.2. The minimum absolute atomic E-state index is 0.165. The zero-order valence-electron chi connectivity index (χ0n) is 11.8. The number of thiazole rings is 1. The summed E-state index contributed by atoms with van der Waals surface area (Å²) in [5.74, 6) is -0.0320. The van der Waals surface area contributed by atoms with Crippen molar-refractivity contribution in [3.63, 3.8) is 0 Å². The first kappa shape index (κ1) is 16.3. The van der Waals surface area contributed by atoms with Crippen molar-refractivity contribution < 1.29 is 18.0 Å². The number of hydrogen-bond donors (Lipinski definition) is 1. The Bertz CT molecular complexity index is 671. The first-order chi connectivity index (χ1) is 10.3. The molecule has 0 aliphatic rings. The Morgan fingerprint density at radius 3 is 2.68 bits per heavy atom. The van der Waals surface area contributed by atoms with Gasteiger partial charge in [0.2, 0.25) is 0 Å². The molecule has 0 aromatic carbocycles. The second-order valence-corrected chi connectivity index (χ2v) is 5.38. The number of alkyl halides is 3. The summed E-state index contributed by atoms with van der Waals surface area (Å²) in [6.45, 7) is 3.40. The van der Waals surface area contributed by atoms with Crippen molar-refractivity contribution in [2.75, 3.05) is 0 Å². The largest absolute Gasteiger partial charge is 0.434 e. The van der Waals surface area contributed by atoms with Gasteiger partial charge < -0.3 is 5.32 Å². The van der Waals surface area contributed by atoms with Gasteiger partial charge in [-0.25, -0.2) is 15.0 Å². The summed E-state index contributed by atoms with van der Waals surface area (Å²) in [4.78, 5) is 23.5. The van der Waals surface area contributed by atoms with E-state index in [4.69, 9.17) is 0 Å². The SMILES string of the molecule is CCC(NC(=O)c1ccnc(C)n1)c1nc(C(F)(F)F)cs1. The van der Waals surface area contributed by atoms with Gasteiger partial charge in [0.15, 0.2) is 5.69 Å². The van der Waals surface area contributed by atoms with Crippen molar-refractivity contribution >= 4 is 17.2 Å². The Morgan fingerprint density at radius 2 is 2.14 bits per heavy atom. The molecule has 1 atom stereocenters. The summed E-state index contributed by atoms with van der Waals surface area (Å²) in [7, 11) is 0. The molecule has 0 aliphatic heterocycles. The van der Waals surface area contributed by atoms with E-state index in [1.54, 1.807) is 13.8 Å². The fraction of sp³-hybridized carbons (Fsp3) is 0.385. The van der Waals surface area contributed by atoms with Gasteiger partial charge in [-0.2, -0.15) is 13.2 Å². The number of aromatic nitrogens is 3. The second-order valence-electron chi connectivity index (χ2n) is 4.49. The lowest BCUT2D eigenvalue weighted by Gasteiger charge is -2.14. The Hall–Kier alpha value is -2.03. The maximum atomic E-state index is 12.6. The number of nitrogens with zero attached hydrogens (tertiary/aromatic N) is 3. The van der Waals surface area contributed by atoms with Crippen LogP contribution in [0.2, 0.25) is 0 Å². The van der Waals surface area contributed by atoms with E-state index >= 15 is 0 Å². The summed E-state index contributed by atoms with van der Waals surface area (Å²) in [6.07, 6.45) is -2.62. The van der Waals surface area contributed by atoms with Gasteiger partial charge in [0, 0.05) is 11.6 Å². The van der Waals surface area contributed by atoms with Gasteiger partial charge in [-0.05, 0) is 19.4 Å². The van der Waals surface area contributed by atoms with Crippen LogP contribution in [0.1, 0.15) is 46.4 Å². The third-order valence-electron chi connectivity index (χ3n) is 2.83. The second kappa shape index (κ2) is 6.39. The van der Waals surface area contributed by atoms with E-state index in [9.17, 15) is 18.0 Å². The molecule has 2 heterocycles. The first-order valence-electron chi connectivity index (χ1n) is 6.44. The molecule has 0 fully saturated rings. The number of carbonyl (C=O) groups excluding carboxylic acids is 1. The van der Waals surface area contributed by atoms with Gasteiger partial charge in [0.25, 0.3) is 5.91 Å². The van der Waals surface area contributed by atoms with Crippen molar-refractivity contribution in [1.82, 2.24) is 20.3 Å². The third kappa shape index (κ3) is 3.79. The molecular weight excluding hydrogens is 317 g/mol.